The molecule has 142 valence electrons. The fourth-order valence-corrected chi connectivity index (χ4v) is 3.63. The molecule has 1 fully saturated rings. The van der Waals surface area contributed by atoms with Crippen molar-refractivity contribution in [2.45, 2.75) is 38.9 Å². The van der Waals surface area contributed by atoms with Gasteiger partial charge in [-0.15, -0.1) is 0 Å². The van der Waals surface area contributed by atoms with E-state index in [2.05, 4.69) is 0 Å². The summed E-state index contributed by atoms with van der Waals surface area (Å²) in [6, 6.07) is 19.5. The second-order valence-electron chi connectivity index (χ2n) is 6.81. The number of carbonyl (C=O) groups excluding carboxylic acids is 2. The smallest absolute Gasteiger partial charge is 0.321 e. The molecule has 2 amide bonds. The second kappa shape index (κ2) is 8.71. The first-order valence-electron chi connectivity index (χ1n) is 9.42. The minimum atomic E-state index is -0.262. The van der Waals surface area contributed by atoms with Crippen LogP contribution in [0.1, 0.15) is 37.4 Å². The largest absolute Gasteiger partial charge is 0.466 e. The Kier molecular flexibility index (Phi) is 6.12. The Morgan fingerprint density at radius 1 is 1.11 bits per heavy atom. The third-order valence-electron chi connectivity index (χ3n) is 4.94. The van der Waals surface area contributed by atoms with Gasteiger partial charge in [-0.3, -0.25) is 4.79 Å². The molecule has 1 heterocycles. The number of ether oxygens (including phenoxy) is 1. The van der Waals surface area contributed by atoms with E-state index >= 15 is 0 Å². The number of carbonyl (C=O) groups is 2. The molecule has 0 unspecified atom stereocenters. The topological polar surface area (TPSA) is 49.9 Å². The van der Waals surface area contributed by atoms with Gasteiger partial charge in [-0.2, -0.15) is 0 Å². The Bertz CT molecular complexity index is 764. The average Bonchev–Trinajstić information content (AvgIpc) is 2.97. The quantitative estimate of drug-likeness (QED) is 0.696. The van der Waals surface area contributed by atoms with E-state index in [0.717, 1.165) is 11.1 Å². The van der Waals surface area contributed by atoms with E-state index in [1.807, 2.05) is 77.4 Å². The highest BCUT2D eigenvalue weighted by Crippen LogP contribution is 2.31. The van der Waals surface area contributed by atoms with E-state index in [1.165, 1.54) is 0 Å². The minimum absolute atomic E-state index is 0.0375. The van der Waals surface area contributed by atoms with Crippen molar-refractivity contribution in [2.24, 2.45) is 0 Å². The standard InChI is InChI=1S/C22H26N2O3/c1-3-27-21(25)14-20-16-23(15-18-10-6-4-7-11-18)22(26)24(20)17(2)19-12-8-5-9-13-19/h4-13,17,20H,3,14-16H2,1-2H3/t17-,20-/m1/s1. The van der Waals surface area contributed by atoms with E-state index < -0.39 is 0 Å². The maximum atomic E-state index is 13.2. The number of urea groups is 1. The van der Waals surface area contributed by atoms with Crippen LogP contribution in [0, 0.1) is 0 Å². The highest BCUT2D eigenvalue weighted by Gasteiger charge is 2.41. The fourth-order valence-electron chi connectivity index (χ4n) is 3.63. The van der Waals surface area contributed by atoms with Gasteiger partial charge in [0.05, 0.1) is 25.1 Å². The van der Waals surface area contributed by atoms with Crippen molar-refractivity contribution >= 4 is 12.0 Å². The first-order chi connectivity index (χ1) is 13.1. The third kappa shape index (κ3) is 4.48. The number of hydrogen-bond acceptors (Lipinski definition) is 3. The number of hydrogen-bond donors (Lipinski definition) is 0. The highest BCUT2D eigenvalue weighted by atomic mass is 16.5. The molecule has 0 N–H and O–H groups in total. The lowest BCUT2D eigenvalue weighted by molar-refractivity contribution is -0.144. The lowest BCUT2D eigenvalue weighted by atomic mass is 10.0. The molecule has 3 rings (SSSR count). The van der Waals surface area contributed by atoms with Gasteiger partial charge in [-0.25, -0.2) is 4.79 Å². The molecule has 0 bridgehead atoms. The number of benzene rings is 2. The number of amides is 2. The van der Waals surface area contributed by atoms with Gasteiger partial charge in [0.1, 0.15) is 0 Å². The Morgan fingerprint density at radius 3 is 2.37 bits per heavy atom. The van der Waals surface area contributed by atoms with Crippen molar-refractivity contribution in [1.29, 1.82) is 0 Å². The summed E-state index contributed by atoms with van der Waals surface area (Å²) in [5, 5.41) is 0. The first-order valence-corrected chi connectivity index (χ1v) is 9.42. The second-order valence-corrected chi connectivity index (χ2v) is 6.81. The molecule has 2 aromatic rings. The highest BCUT2D eigenvalue weighted by molar-refractivity contribution is 5.80. The SMILES string of the molecule is CCOC(=O)C[C@@H]1CN(Cc2ccccc2)C(=O)N1[C@H](C)c1ccccc1. The lowest BCUT2D eigenvalue weighted by Gasteiger charge is -2.29. The van der Waals surface area contributed by atoms with Crippen molar-refractivity contribution in [3.8, 4) is 0 Å². The molecule has 2 aromatic carbocycles. The molecule has 27 heavy (non-hydrogen) atoms. The molecule has 5 heteroatoms. The first kappa shape index (κ1) is 19.0. The summed E-state index contributed by atoms with van der Waals surface area (Å²) >= 11 is 0. The Labute approximate surface area is 160 Å². The monoisotopic (exact) mass is 366 g/mol. The summed E-state index contributed by atoms with van der Waals surface area (Å²) in [6.45, 7) is 5.21. The normalized spacial score (nSPS) is 17.9. The molecule has 2 atom stereocenters. The third-order valence-corrected chi connectivity index (χ3v) is 4.94. The van der Waals surface area contributed by atoms with Gasteiger partial charge in [0.15, 0.2) is 0 Å². The van der Waals surface area contributed by atoms with Gasteiger partial charge in [-0.05, 0) is 25.0 Å². The van der Waals surface area contributed by atoms with Gasteiger partial charge >= 0.3 is 12.0 Å². The molecular formula is C22H26N2O3. The van der Waals surface area contributed by atoms with Crippen molar-refractivity contribution < 1.29 is 14.3 Å². The van der Waals surface area contributed by atoms with Crippen LogP contribution in [0.4, 0.5) is 4.79 Å². The van der Waals surface area contributed by atoms with Crippen LogP contribution < -0.4 is 0 Å². The summed E-state index contributed by atoms with van der Waals surface area (Å²) in [5.41, 5.74) is 2.14. The van der Waals surface area contributed by atoms with Gasteiger partial charge in [0.25, 0.3) is 0 Å². The van der Waals surface area contributed by atoms with Gasteiger partial charge in [-0.1, -0.05) is 60.7 Å². The minimum Gasteiger partial charge on any atom is -0.466 e. The van der Waals surface area contributed by atoms with E-state index in [1.54, 1.807) is 6.92 Å². The zero-order valence-electron chi connectivity index (χ0n) is 15.9. The summed E-state index contributed by atoms with van der Waals surface area (Å²) < 4.78 is 5.13. The van der Waals surface area contributed by atoms with Crippen molar-refractivity contribution in [3.63, 3.8) is 0 Å². The lowest BCUT2D eigenvalue weighted by Crippen LogP contribution is -2.38. The Morgan fingerprint density at radius 2 is 1.74 bits per heavy atom. The van der Waals surface area contributed by atoms with E-state index in [4.69, 9.17) is 4.74 Å². The molecule has 0 saturated carbocycles. The van der Waals surface area contributed by atoms with Gasteiger partial charge in [0.2, 0.25) is 0 Å². The van der Waals surface area contributed by atoms with Crippen LogP contribution in [-0.4, -0.2) is 41.0 Å². The van der Waals surface area contributed by atoms with Crippen LogP contribution in [-0.2, 0) is 16.1 Å². The molecular weight excluding hydrogens is 340 g/mol. The maximum absolute atomic E-state index is 13.2. The van der Waals surface area contributed by atoms with E-state index in [0.29, 0.717) is 19.7 Å². The van der Waals surface area contributed by atoms with Gasteiger partial charge in [0, 0.05) is 13.1 Å². The predicted octanol–water partition coefficient (Wildman–Crippen LogP) is 4.01. The number of rotatable bonds is 7. The molecule has 1 saturated heterocycles. The fraction of sp³-hybridized carbons (Fsp3) is 0.364. The number of esters is 1. The van der Waals surface area contributed by atoms with Crippen LogP contribution in [0.2, 0.25) is 0 Å². The molecule has 0 aliphatic carbocycles. The van der Waals surface area contributed by atoms with Crippen molar-refractivity contribution in [3.05, 3.63) is 71.8 Å². The van der Waals surface area contributed by atoms with Crippen LogP contribution in [0.25, 0.3) is 0 Å². The zero-order chi connectivity index (χ0) is 19.2. The summed E-state index contributed by atoms with van der Waals surface area (Å²) in [6.07, 6.45) is 0.210. The van der Waals surface area contributed by atoms with Crippen molar-refractivity contribution in [2.75, 3.05) is 13.2 Å². The number of nitrogens with zero attached hydrogens (tertiary/aromatic N) is 2. The van der Waals surface area contributed by atoms with Crippen LogP contribution >= 0.6 is 0 Å². The van der Waals surface area contributed by atoms with Crippen LogP contribution in [0.5, 0.6) is 0 Å². The van der Waals surface area contributed by atoms with Crippen molar-refractivity contribution in [1.82, 2.24) is 9.80 Å². The molecule has 1 aliphatic heterocycles. The predicted molar refractivity (Wildman–Crippen MR) is 104 cm³/mol. The van der Waals surface area contributed by atoms with E-state index in [-0.39, 0.29) is 30.5 Å². The Balaban J connectivity index is 1.82. The van der Waals surface area contributed by atoms with Crippen LogP contribution in [0.15, 0.2) is 60.7 Å². The summed E-state index contributed by atoms with van der Waals surface area (Å²) in [7, 11) is 0. The summed E-state index contributed by atoms with van der Waals surface area (Å²) in [4.78, 5) is 28.9. The average molecular weight is 366 g/mol. The van der Waals surface area contributed by atoms with Crippen LogP contribution in [0.3, 0.4) is 0 Å². The van der Waals surface area contributed by atoms with E-state index in [9.17, 15) is 9.59 Å². The molecule has 0 aromatic heterocycles. The molecule has 1 aliphatic rings. The Hall–Kier alpha value is -2.82. The molecule has 0 spiro atoms. The summed E-state index contributed by atoms with van der Waals surface area (Å²) in [5.74, 6) is -0.262. The van der Waals surface area contributed by atoms with Gasteiger partial charge < -0.3 is 14.5 Å². The molecule has 0 radical (unpaired) electrons. The maximum Gasteiger partial charge on any atom is 0.321 e. The molecule has 5 nitrogen and oxygen atoms in total. The zero-order valence-corrected chi connectivity index (χ0v) is 15.9.